The van der Waals surface area contributed by atoms with E-state index in [9.17, 15) is 4.79 Å². The van der Waals surface area contributed by atoms with Crippen LogP contribution in [0.15, 0.2) is 24.7 Å². The molecule has 7 heteroatoms. The van der Waals surface area contributed by atoms with Crippen molar-refractivity contribution in [3.05, 3.63) is 30.2 Å². The zero-order chi connectivity index (χ0) is 17.2. The molecule has 1 saturated carbocycles. The van der Waals surface area contributed by atoms with E-state index in [2.05, 4.69) is 26.6 Å². The molecule has 25 heavy (non-hydrogen) atoms. The maximum Gasteiger partial charge on any atom is 0.239 e. The Kier molecular flexibility index (Phi) is 4.57. The van der Waals surface area contributed by atoms with E-state index in [1.807, 2.05) is 28.7 Å². The van der Waals surface area contributed by atoms with Gasteiger partial charge in [-0.05, 0) is 32.2 Å². The number of rotatable bonds is 5. The van der Waals surface area contributed by atoms with Gasteiger partial charge in [0.05, 0.1) is 25.0 Å². The van der Waals surface area contributed by atoms with Gasteiger partial charge in [0.15, 0.2) is 0 Å². The van der Waals surface area contributed by atoms with E-state index in [0.717, 1.165) is 38.0 Å². The Morgan fingerprint density at radius 1 is 1.24 bits per heavy atom. The van der Waals surface area contributed by atoms with Gasteiger partial charge in [-0.2, -0.15) is 10.2 Å². The summed E-state index contributed by atoms with van der Waals surface area (Å²) in [5.74, 6) is 0.865. The molecule has 0 radical (unpaired) electrons. The Labute approximate surface area is 148 Å². The van der Waals surface area contributed by atoms with Crippen LogP contribution in [-0.4, -0.2) is 43.5 Å². The number of anilines is 1. The minimum Gasteiger partial charge on any atom is -0.310 e. The van der Waals surface area contributed by atoms with Crippen LogP contribution in [0, 0.1) is 0 Å². The lowest BCUT2D eigenvalue weighted by molar-refractivity contribution is -0.117. The van der Waals surface area contributed by atoms with Crippen LogP contribution in [-0.2, 0) is 11.8 Å². The lowest BCUT2D eigenvalue weighted by Crippen LogP contribution is -2.33. The third kappa shape index (κ3) is 3.46. The second kappa shape index (κ2) is 7.00. The SMILES string of the molecule is Cn1cc([C@@H]2CCCN2CC(=O)Nc2ccnn2C2CCCC2)cn1. The number of hydrogen-bond acceptors (Lipinski definition) is 4. The molecule has 2 aromatic heterocycles. The second-order valence-corrected chi connectivity index (χ2v) is 7.22. The molecule has 0 unspecified atom stereocenters. The number of aryl methyl sites for hydroxylation is 1. The summed E-state index contributed by atoms with van der Waals surface area (Å²) in [5.41, 5.74) is 1.20. The lowest BCUT2D eigenvalue weighted by Gasteiger charge is -2.23. The fourth-order valence-electron chi connectivity index (χ4n) is 4.22. The van der Waals surface area contributed by atoms with Crippen LogP contribution in [0.4, 0.5) is 5.82 Å². The molecular formula is C18H26N6O. The molecule has 0 aromatic carbocycles. The maximum absolute atomic E-state index is 12.6. The van der Waals surface area contributed by atoms with Crippen LogP contribution in [0.25, 0.3) is 0 Å². The van der Waals surface area contributed by atoms with Gasteiger partial charge in [-0.15, -0.1) is 0 Å². The fourth-order valence-corrected chi connectivity index (χ4v) is 4.22. The van der Waals surface area contributed by atoms with Gasteiger partial charge in [0, 0.05) is 30.9 Å². The molecule has 2 fully saturated rings. The van der Waals surface area contributed by atoms with Crippen molar-refractivity contribution in [1.82, 2.24) is 24.5 Å². The molecule has 2 aromatic rings. The number of likely N-dealkylation sites (tertiary alicyclic amines) is 1. The first-order chi connectivity index (χ1) is 12.2. The molecule has 0 spiro atoms. The van der Waals surface area contributed by atoms with Crippen molar-refractivity contribution >= 4 is 11.7 Å². The average molecular weight is 342 g/mol. The standard InChI is InChI=1S/C18H26N6O/c1-22-12-14(11-20-22)16-7-4-10-23(16)13-18(25)21-17-8-9-19-24(17)15-5-2-3-6-15/h8-9,11-12,15-16H,2-7,10,13H2,1H3,(H,21,25)/t16-/m0/s1. The van der Waals surface area contributed by atoms with Gasteiger partial charge >= 0.3 is 0 Å². The van der Waals surface area contributed by atoms with Gasteiger partial charge in [-0.3, -0.25) is 14.4 Å². The monoisotopic (exact) mass is 342 g/mol. The van der Waals surface area contributed by atoms with Crippen LogP contribution in [0.5, 0.6) is 0 Å². The smallest absolute Gasteiger partial charge is 0.239 e. The van der Waals surface area contributed by atoms with Gasteiger partial charge in [0.2, 0.25) is 5.91 Å². The van der Waals surface area contributed by atoms with Crippen LogP contribution < -0.4 is 5.32 Å². The van der Waals surface area contributed by atoms with E-state index >= 15 is 0 Å². The topological polar surface area (TPSA) is 68.0 Å². The van der Waals surface area contributed by atoms with Crippen molar-refractivity contribution in [2.75, 3.05) is 18.4 Å². The van der Waals surface area contributed by atoms with Crippen LogP contribution >= 0.6 is 0 Å². The van der Waals surface area contributed by atoms with E-state index in [1.54, 1.807) is 6.20 Å². The van der Waals surface area contributed by atoms with Gasteiger partial charge in [0.25, 0.3) is 0 Å². The molecule has 0 bridgehead atoms. The first kappa shape index (κ1) is 16.3. The molecular weight excluding hydrogens is 316 g/mol. The number of aromatic nitrogens is 4. The maximum atomic E-state index is 12.6. The van der Waals surface area contributed by atoms with Crippen molar-refractivity contribution in [2.24, 2.45) is 7.05 Å². The molecule has 1 aliphatic carbocycles. The summed E-state index contributed by atoms with van der Waals surface area (Å²) >= 11 is 0. The van der Waals surface area contributed by atoms with Crippen molar-refractivity contribution in [3.63, 3.8) is 0 Å². The molecule has 3 heterocycles. The van der Waals surface area contributed by atoms with Crippen LogP contribution in [0.1, 0.15) is 56.2 Å². The minimum atomic E-state index is 0.0375. The summed E-state index contributed by atoms with van der Waals surface area (Å²) < 4.78 is 3.82. The number of nitrogens with zero attached hydrogens (tertiary/aromatic N) is 5. The fraction of sp³-hybridized carbons (Fsp3) is 0.611. The van der Waals surface area contributed by atoms with E-state index in [4.69, 9.17) is 0 Å². The third-order valence-electron chi connectivity index (χ3n) is 5.43. The summed E-state index contributed by atoms with van der Waals surface area (Å²) in [4.78, 5) is 14.9. The second-order valence-electron chi connectivity index (χ2n) is 7.22. The number of carbonyl (C=O) groups is 1. The van der Waals surface area contributed by atoms with Crippen LogP contribution in [0.2, 0.25) is 0 Å². The van der Waals surface area contributed by atoms with Crippen LogP contribution in [0.3, 0.4) is 0 Å². The summed E-state index contributed by atoms with van der Waals surface area (Å²) in [5, 5.41) is 11.8. The molecule has 1 saturated heterocycles. The summed E-state index contributed by atoms with van der Waals surface area (Å²) in [7, 11) is 1.93. The number of nitrogens with one attached hydrogen (secondary N) is 1. The van der Waals surface area contributed by atoms with Gasteiger partial charge in [0.1, 0.15) is 5.82 Å². The third-order valence-corrected chi connectivity index (χ3v) is 5.43. The highest BCUT2D eigenvalue weighted by Gasteiger charge is 2.29. The normalized spacial score (nSPS) is 21.9. The molecule has 2 aliphatic rings. The highest BCUT2D eigenvalue weighted by atomic mass is 16.2. The lowest BCUT2D eigenvalue weighted by atomic mass is 10.1. The minimum absolute atomic E-state index is 0.0375. The van der Waals surface area contributed by atoms with Gasteiger partial charge < -0.3 is 5.32 Å². The Balaban J connectivity index is 1.40. The molecule has 1 N–H and O–H groups in total. The largest absolute Gasteiger partial charge is 0.310 e. The summed E-state index contributed by atoms with van der Waals surface area (Å²) in [6.45, 7) is 1.37. The van der Waals surface area contributed by atoms with Crippen molar-refractivity contribution in [3.8, 4) is 0 Å². The first-order valence-corrected chi connectivity index (χ1v) is 9.26. The summed E-state index contributed by atoms with van der Waals surface area (Å²) in [6.07, 6.45) is 12.7. The van der Waals surface area contributed by atoms with E-state index in [1.165, 1.54) is 18.4 Å². The van der Waals surface area contributed by atoms with Gasteiger partial charge in [-0.1, -0.05) is 12.8 Å². The molecule has 7 nitrogen and oxygen atoms in total. The number of hydrogen-bond donors (Lipinski definition) is 1. The predicted octanol–water partition coefficient (Wildman–Crippen LogP) is 2.51. The number of carbonyl (C=O) groups excluding carboxylic acids is 1. The van der Waals surface area contributed by atoms with Crippen molar-refractivity contribution < 1.29 is 4.79 Å². The average Bonchev–Trinajstić information content (AvgIpc) is 3.33. The Hall–Kier alpha value is -2.15. The Bertz CT molecular complexity index is 730. The molecule has 1 aliphatic heterocycles. The molecule has 1 atom stereocenters. The zero-order valence-electron chi connectivity index (χ0n) is 14.8. The highest BCUT2D eigenvalue weighted by Crippen LogP contribution is 2.32. The molecule has 134 valence electrons. The highest BCUT2D eigenvalue weighted by molar-refractivity contribution is 5.91. The zero-order valence-corrected chi connectivity index (χ0v) is 14.8. The van der Waals surface area contributed by atoms with Crippen molar-refractivity contribution in [2.45, 2.75) is 50.6 Å². The van der Waals surface area contributed by atoms with Gasteiger partial charge in [-0.25, -0.2) is 4.68 Å². The molecule has 1 amide bonds. The Morgan fingerprint density at radius 2 is 2.08 bits per heavy atom. The quantitative estimate of drug-likeness (QED) is 0.906. The predicted molar refractivity (Wildman–Crippen MR) is 95.1 cm³/mol. The first-order valence-electron chi connectivity index (χ1n) is 9.26. The number of amides is 1. The van der Waals surface area contributed by atoms with Crippen molar-refractivity contribution in [1.29, 1.82) is 0 Å². The van der Waals surface area contributed by atoms with E-state index in [-0.39, 0.29) is 5.91 Å². The molecule has 4 rings (SSSR count). The summed E-state index contributed by atoms with van der Waals surface area (Å²) in [6, 6.07) is 2.62. The van der Waals surface area contributed by atoms with E-state index < -0.39 is 0 Å². The van der Waals surface area contributed by atoms with E-state index in [0.29, 0.717) is 18.6 Å². The Morgan fingerprint density at radius 3 is 2.84 bits per heavy atom.